The topological polar surface area (TPSA) is 56.2 Å². The predicted molar refractivity (Wildman–Crippen MR) is 87.1 cm³/mol. The first-order chi connectivity index (χ1) is 10.6. The summed E-state index contributed by atoms with van der Waals surface area (Å²) >= 11 is 6.23. The molecule has 0 saturated carbocycles. The van der Waals surface area contributed by atoms with Crippen molar-refractivity contribution < 1.29 is 9.53 Å². The first-order valence-corrected chi connectivity index (χ1v) is 7.95. The second-order valence-electron chi connectivity index (χ2n) is 5.80. The molecule has 1 fully saturated rings. The van der Waals surface area contributed by atoms with Crippen LogP contribution in [-0.4, -0.2) is 28.7 Å². The second kappa shape index (κ2) is 5.89. The van der Waals surface area contributed by atoms with Crippen LogP contribution in [0.3, 0.4) is 0 Å². The lowest BCUT2D eigenvalue weighted by Crippen LogP contribution is -2.41. The monoisotopic (exact) mass is 321 g/mol. The molecule has 1 aromatic heterocycles. The minimum Gasteiger partial charge on any atom is -0.381 e. The Morgan fingerprint density at radius 1 is 1.45 bits per heavy atom. The van der Waals surface area contributed by atoms with Gasteiger partial charge in [-0.2, -0.15) is 0 Å². The number of hydrogen-bond acceptors (Lipinski definition) is 3. The van der Waals surface area contributed by atoms with Crippen molar-refractivity contribution in [2.75, 3.05) is 18.5 Å². The summed E-state index contributed by atoms with van der Waals surface area (Å²) in [5, 5.41) is 3.62. The normalized spacial score (nSPS) is 17.6. The molecule has 1 saturated heterocycles. The fourth-order valence-electron chi connectivity index (χ4n) is 3.07. The van der Waals surface area contributed by atoms with Crippen LogP contribution in [0.1, 0.15) is 26.2 Å². The van der Waals surface area contributed by atoms with Gasteiger partial charge in [-0.3, -0.25) is 10.1 Å². The number of aromatic nitrogens is 2. The van der Waals surface area contributed by atoms with E-state index >= 15 is 0 Å². The molecule has 22 heavy (non-hydrogen) atoms. The van der Waals surface area contributed by atoms with Gasteiger partial charge in [-0.15, -0.1) is 0 Å². The van der Waals surface area contributed by atoms with Gasteiger partial charge in [0.05, 0.1) is 21.5 Å². The van der Waals surface area contributed by atoms with E-state index in [2.05, 4.69) is 17.2 Å². The van der Waals surface area contributed by atoms with E-state index in [1.165, 1.54) is 0 Å². The number of rotatable bonds is 3. The number of nitrogens with one attached hydrogen (secondary N) is 1. The quantitative estimate of drug-likeness (QED) is 0.943. The third kappa shape index (κ3) is 2.48. The maximum Gasteiger partial charge on any atom is 0.233 e. The molecule has 5 nitrogen and oxygen atoms in total. The van der Waals surface area contributed by atoms with E-state index in [1.807, 2.05) is 29.8 Å². The van der Waals surface area contributed by atoms with Gasteiger partial charge in [0.15, 0.2) is 0 Å². The standard InChI is InChI=1S/C16H20ClN3O2/c1-3-16(7-9-22-10-8-16)14(21)19-15-18-12-6-4-5-11(17)13(12)20(15)2/h4-6H,3,7-10H2,1-2H3,(H,18,19,21). The SMILES string of the molecule is CCC1(C(=O)Nc2nc3cccc(Cl)c3n2C)CCOCC1. The molecule has 1 aliphatic rings. The number of carbonyl (C=O) groups excluding carboxylic acids is 1. The van der Waals surface area contributed by atoms with Crippen molar-refractivity contribution in [3.8, 4) is 0 Å². The minimum absolute atomic E-state index is 0.0211. The number of imidazole rings is 1. The zero-order valence-electron chi connectivity index (χ0n) is 12.9. The molecule has 6 heteroatoms. The smallest absolute Gasteiger partial charge is 0.233 e. The first-order valence-electron chi connectivity index (χ1n) is 7.57. The zero-order chi connectivity index (χ0) is 15.7. The van der Waals surface area contributed by atoms with Crippen LogP contribution in [0, 0.1) is 5.41 Å². The highest BCUT2D eigenvalue weighted by Gasteiger charge is 2.38. The number of para-hydroxylation sites is 1. The molecule has 0 aliphatic carbocycles. The van der Waals surface area contributed by atoms with Crippen LogP contribution in [0.25, 0.3) is 11.0 Å². The van der Waals surface area contributed by atoms with Gasteiger partial charge >= 0.3 is 0 Å². The zero-order valence-corrected chi connectivity index (χ0v) is 13.6. The molecule has 3 rings (SSSR count). The molecule has 1 aliphatic heterocycles. The van der Waals surface area contributed by atoms with E-state index in [4.69, 9.17) is 16.3 Å². The second-order valence-corrected chi connectivity index (χ2v) is 6.21. The summed E-state index contributed by atoms with van der Waals surface area (Å²) in [5.41, 5.74) is 1.25. The van der Waals surface area contributed by atoms with Gasteiger partial charge in [-0.05, 0) is 31.4 Å². The Bertz CT molecular complexity index is 705. The summed E-state index contributed by atoms with van der Waals surface area (Å²) in [7, 11) is 1.86. The van der Waals surface area contributed by atoms with Crippen LogP contribution in [0.4, 0.5) is 5.95 Å². The first kappa shape index (κ1) is 15.3. The van der Waals surface area contributed by atoms with Gasteiger partial charge in [-0.25, -0.2) is 4.98 Å². The summed E-state index contributed by atoms with van der Waals surface area (Å²) in [4.78, 5) is 17.3. The summed E-state index contributed by atoms with van der Waals surface area (Å²) in [5.74, 6) is 0.556. The van der Waals surface area contributed by atoms with E-state index in [1.54, 1.807) is 0 Å². The number of anilines is 1. The molecular weight excluding hydrogens is 302 g/mol. The van der Waals surface area contributed by atoms with Crippen molar-refractivity contribution in [3.63, 3.8) is 0 Å². The maximum atomic E-state index is 12.8. The van der Waals surface area contributed by atoms with E-state index in [0.29, 0.717) is 24.2 Å². The van der Waals surface area contributed by atoms with Crippen molar-refractivity contribution >= 4 is 34.5 Å². The fraction of sp³-hybridized carbons (Fsp3) is 0.500. The van der Waals surface area contributed by atoms with Gasteiger partial charge in [0.2, 0.25) is 11.9 Å². The van der Waals surface area contributed by atoms with Crippen LogP contribution >= 0.6 is 11.6 Å². The molecule has 0 atom stereocenters. The number of nitrogens with zero attached hydrogens (tertiary/aromatic N) is 2. The molecule has 1 amide bonds. The van der Waals surface area contributed by atoms with Crippen molar-refractivity contribution in [3.05, 3.63) is 23.2 Å². The average molecular weight is 322 g/mol. The van der Waals surface area contributed by atoms with Crippen LogP contribution in [0.2, 0.25) is 5.02 Å². The van der Waals surface area contributed by atoms with Gasteiger partial charge in [0.25, 0.3) is 0 Å². The third-order valence-corrected chi connectivity index (χ3v) is 4.98. The van der Waals surface area contributed by atoms with Crippen LogP contribution < -0.4 is 5.32 Å². The average Bonchev–Trinajstić information content (AvgIpc) is 2.85. The Morgan fingerprint density at radius 3 is 2.82 bits per heavy atom. The number of fused-ring (bicyclic) bond motifs is 1. The highest BCUT2D eigenvalue weighted by atomic mass is 35.5. The minimum atomic E-state index is -0.361. The number of halogens is 1. The lowest BCUT2D eigenvalue weighted by Gasteiger charge is -2.34. The molecule has 0 bridgehead atoms. The predicted octanol–water partition coefficient (Wildman–Crippen LogP) is 3.37. The Kier molecular flexibility index (Phi) is 4.10. The lowest BCUT2D eigenvalue weighted by molar-refractivity contribution is -0.131. The van der Waals surface area contributed by atoms with Gasteiger partial charge in [0.1, 0.15) is 0 Å². The summed E-state index contributed by atoms with van der Waals surface area (Å²) < 4.78 is 7.23. The van der Waals surface area contributed by atoms with Gasteiger partial charge < -0.3 is 9.30 Å². The van der Waals surface area contributed by atoms with Crippen LogP contribution in [0.15, 0.2) is 18.2 Å². The largest absolute Gasteiger partial charge is 0.381 e. The molecule has 0 unspecified atom stereocenters. The van der Waals surface area contributed by atoms with Crippen molar-refractivity contribution in [1.82, 2.24) is 9.55 Å². The molecule has 1 aromatic carbocycles. The molecule has 2 aromatic rings. The number of benzene rings is 1. The number of ether oxygens (including phenoxy) is 1. The van der Waals surface area contributed by atoms with E-state index < -0.39 is 0 Å². The van der Waals surface area contributed by atoms with Crippen molar-refractivity contribution in [2.24, 2.45) is 12.5 Å². The highest BCUT2D eigenvalue weighted by molar-refractivity contribution is 6.35. The molecule has 1 N–H and O–H groups in total. The molecule has 2 heterocycles. The van der Waals surface area contributed by atoms with Crippen molar-refractivity contribution in [2.45, 2.75) is 26.2 Å². The Morgan fingerprint density at radius 2 is 2.18 bits per heavy atom. The number of amides is 1. The number of aryl methyl sites for hydroxylation is 1. The summed E-state index contributed by atoms with van der Waals surface area (Å²) in [6.07, 6.45) is 2.30. The maximum absolute atomic E-state index is 12.8. The van der Waals surface area contributed by atoms with Gasteiger partial charge in [-0.1, -0.05) is 24.6 Å². The lowest BCUT2D eigenvalue weighted by atomic mass is 9.77. The highest BCUT2D eigenvalue weighted by Crippen LogP contribution is 2.35. The number of carbonyl (C=O) groups is 1. The van der Waals surface area contributed by atoms with Crippen LogP contribution in [0.5, 0.6) is 0 Å². The molecule has 0 radical (unpaired) electrons. The summed E-state index contributed by atoms with van der Waals surface area (Å²) in [6.45, 7) is 3.32. The third-order valence-electron chi connectivity index (χ3n) is 4.68. The van der Waals surface area contributed by atoms with Gasteiger partial charge in [0, 0.05) is 20.3 Å². The Balaban J connectivity index is 1.91. The van der Waals surface area contributed by atoms with Crippen molar-refractivity contribution in [1.29, 1.82) is 0 Å². The molecule has 0 spiro atoms. The summed E-state index contributed by atoms with van der Waals surface area (Å²) in [6, 6.07) is 5.57. The Labute approximate surface area is 134 Å². The van der Waals surface area contributed by atoms with E-state index in [9.17, 15) is 4.79 Å². The van der Waals surface area contributed by atoms with E-state index in [0.717, 1.165) is 30.3 Å². The fourth-order valence-corrected chi connectivity index (χ4v) is 3.37. The number of hydrogen-bond donors (Lipinski definition) is 1. The Hall–Kier alpha value is -1.59. The molecular formula is C16H20ClN3O2. The van der Waals surface area contributed by atoms with Crippen LogP contribution in [-0.2, 0) is 16.6 Å². The molecule has 118 valence electrons. The van der Waals surface area contributed by atoms with E-state index in [-0.39, 0.29) is 11.3 Å².